The van der Waals surface area contributed by atoms with Crippen LogP contribution in [0.2, 0.25) is 0 Å². The summed E-state index contributed by atoms with van der Waals surface area (Å²) < 4.78 is 5.66. The van der Waals surface area contributed by atoms with Gasteiger partial charge in [0.05, 0.1) is 23.9 Å². The first-order chi connectivity index (χ1) is 12.2. The standard InChI is InChI=1S/C20H23N3O2/c1-14(18-4-2-3-11-21-18)23(17-8-9-17)20(24)16-7-10-19(22-12-16)25-13-15-5-6-15/h2-4,7,10-12,14-15,17H,5-6,8-9,13H2,1H3/t14-/m1/s1. The highest BCUT2D eigenvalue weighted by Gasteiger charge is 2.37. The van der Waals surface area contributed by atoms with Crippen LogP contribution in [-0.4, -0.2) is 33.4 Å². The number of amides is 1. The van der Waals surface area contributed by atoms with Crippen molar-refractivity contribution in [3.05, 3.63) is 54.0 Å². The molecule has 2 saturated carbocycles. The molecule has 0 radical (unpaired) electrons. The van der Waals surface area contributed by atoms with Crippen molar-refractivity contribution >= 4 is 5.91 Å². The minimum atomic E-state index is -0.0491. The second-order valence-corrected chi connectivity index (χ2v) is 7.01. The lowest BCUT2D eigenvalue weighted by Crippen LogP contribution is -2.36. The molecule has 2 heterocycles. The summed E-state index contributed by atoms with van der Waals surface area (Å²) in [6.07, 6.45) is 8.01. The molecular formula is C20H23N3O2. The first-order valence-electron chi connectivity index (χ1n) is 9.05. The quantitative estimate of drug-likeness (QED) is 0.774. The van der Waals surface area contributed by atoms with Gasteiger partial charge < -0.3 is 9.64 Å². The number of carbonyl (C=O) groups is 1. The first-order valence-corrected chi connectivity index (χ1v) is 9.05. The summed E-state index contributed by atoms with van der Waals surface area (Å²) in [6, 6.07) is 9.69. The summed E-state index contributed by atoms with van der Waals surface area (Å²) in [4.78, 5) is 23.7. The normalized spacial score (nSPS) is 17.8. The van der Waals surface area contributed by atoms with E-state index >= 15 is 0 Å². The van der Waals surface area contributed by atoms with Crippen LogP contribution in [0.5, 0.6) is 5.88 Å². The van der Waals surface area contributed by atoms with E-state index < -0.39 is 0 Å². The monoisotopic (exact) mass is 337 g/mol. The fourth-order valence-corrected chi connectivity index (χ4v) is 3.01. The Kier molecular flexibility index (Phi) is 4.38. The van der Waals surface area contributed by atoms with E-state index in [2.05, 4.69) is 9.97 Å². The summed E-state index contributed by atoms with van der Waals surface area (Å²) in [5, 5.41) is 0. The van der Waals surface area contributed by atoms with Crippen LogP contribution in [0.1, 0.15) is 54.7 Å². The Bertz CT molecular complexity index is 724. The van der Waals surface area contributed by atoms with Gasteiger partial charge in [0.1, 0.15) is 0 Å². The molecule has 5 nitrogen and oxygen atoms in total. The lowest BCUT2D eigenvalue weighted by atomic mass is 10.1. The number of nitrogens with zero attached hydrogens (tertiary/aromatic N) is 3. The van der Waals surface area contributed by atoms with Gasteiger partial charge in [-0.3, -0.25) is 9.78 Å². The number of hydrogen-bond acceptors (Lipinski definition) is 4. The van der Waals surface area contributed by atoms with Gasteiger partial charge >= 0.3 is 0 Å². The van der Waals surface area contributed by atoms with E-state index in [1.807, 2.05) is 36.1 Å². The van der Waals surface area contributed by atoms with Gasteiger partial charge in [-0.15, -0.1) is 0 Å². The lowest BCUT2D eigenvalue weighted by Gasteiger charge is -2.29. The SMILES string of the molecule is C[C@H](c1ccccn1)N(C(=O)c1ccc(OCC2CC2)nc1)C1CC1. The minimum absolute atomic E-state index is 0.0156. The number of carbonyl (C=O) groups excluding carboxylic acids is 1. The van der Waals surface area contributed by atoms with Crippen molar-refractivity contribution < 1.29 is 9.53 Å². The Hall–Kier alpha value is -2.43. The Morgan fingerprint density at radius 2 is 2.04 bits per heavy atom. The molecule has 0 unspecified atom stereocenters. The van der Waals surface area contributed by atoms with Crippen molar-refractivity contribution in [3.8, 4) is 5.88 Å². The molecule has 2 aliphatic rings. The molecule has 0 saturated heterocycles. The Morgan fingerprint density at radius 1 is 1.20 bits per heavy atom. The molecule has 2 aliphatic carbocycles. The first kappa shape index (κ1) is 16.1. The van der Waals surface area contributed by atoms with E-state index in [0.29, 0.717) is 23.4 Å². The Morgan fingerprint density at radius 3 is 2.64 bits per heavy atom. The largest absolute Gasteiger partial charge is 0.477 e. The number of hydrogen-bond donors (Lipinski definition) is 0. The predicted octanol–water partition coefficient (Wildman–Crippen LogP) is 3.63. The maximum absolute atomic E-state index is 13.0. The summed E-state index contributed by atoms with van der Waals surface area (Å²) in [5.41, 5.74) is 1.52. The zero-order valence-corrected chi connectivity index (χ0v) is 14.5. The van der Waals surface area contributed by atoms with E-state index in [0.717, 1.165) is 25.1 Å². The molecule has 2 aromatic rings. The van der Waals surface area contributed by atoms with Gasteiger partial charge in [-0.1, -0.05) is 6.07 Å². The van der Waals surface area contributed by atoms with Crippen molar-refractivity contribution in [1.82, 2.24) is 14.9 Å². The molecule has 130 valence electrons. The molecule has 2 aromatic heterocycles. The van der Waals surface area contributed by atoms with Gasteiger partial charge in [0.15, 0.2) is 0 Å². The maximum atomic E-state index is 13.0. The molecule has 0 N–H and O–H groups in total. The zero-order chi connectivity index (χ0) is 17.2. The van der Waals surface area contributed by atoms with Crippen LogP contribution in [-0.2, 0) is 0 Å². The molecule has 4 rings (SSSR count). The maximum Gasteiger partial charge on any atom is 0.256 e. The third-order valence-corrected chi connectivity index (χ3v) is 4.85. The highest BCUT2D eigenvalue weighted by molar-refractivity contribution is 5.94. The average molecular weight is 337 g/mol. The number of rotatable bonds is 7. The van der Waals surface area contributed by atoms with Crippen LogP contribution < -0.4 is 4.74 Å². The number of ether oxygens (including phenoxy) is 1. The fourth-order valence-electron chi connectivity index (χ4n) is 3.01. The van der Waals surface area contributed by atoms with E-state index in [1.165, 1.54) is 12.8 Å². The summed E-state index contributed by atoms with van der Waals surface area (Å²) in [7, 11) is 0. The summed E-state index contributed by atoms with van der Waals surface area (Å²) in [6.45, 7) is 2.77. The zero-order valence-electron chi connectivity index (χ0n) is 14.5. The van der Waals surface area contributed by atoms with Crippen molar-refractivity contribution in [1.29, 1.82) is 0 Å². The predicted molar refractivity (Wildman–Crippen MR) is 94.3 cm³/mol. The minimum Gasteiger partial charge on any atom is -0.477 e. The molecule has 0 bridgehead atoms. The van der Waals surface area contributed by atoms with Gasteiger partial charge in [0, 0.05) is 24.5 Å². The summed E-state index contributed by atoms with van der Waals surface area (Å²) >= 11 is 0. The average Bonchev–Trinajstić information content (AvgIpc) is 3.55. The van der Waals surface area contributed by atoms with Crippen molar-refractivity contribution in [2.24, 2.45) is 5.92 Å². The molecule has 0 aromatic carbocycles. The second-order valence-electron chi connectivity index (χ2n) is 7.01. The van der Waals surface area contributed by atoms with Gasteiger partial charge in [0.25, 0.3) is 5.91 Å². The highest BCUT2D eigenvalue weighted by atomic mass is 16.5. The van der Waals surface area contributed by atoms with E-state index in [-0.39, 0.29) is 11.9 Å². The van der Waals surface area contributed by atoms with Crippen LogP contribution in [0.25, 0.3) is 0 Å². The number of pyridine rings is 2. The van der Waals surface area contributed by atoms with Crippen LogP contribution in [0.3, 0.4) is 0 Å². The lowest BCUT2D eigenvalue weighted by molar-refractivity contribution is 0.0669. The Labute approximate surface area is 148 Å². The van der Waals surface area contributed by atoms with Crippen molar-refractivity contribution in [2.75, 3.05) is 6.61 Å². The van der Waals surface area contributed by atoms with E-state index in [4.69, 9.17) is 4.74 Å². The topological polar surface area (TPSA) is 55.3 Å². The highest BCUT2D eigenvalue weighted by Crippen LogP contribution is 2.35. The third-order valence-electron chi connectivity index (χ3n) is 4.85. The molecule has 25 heavy (non-hydrogen) atoms. The molecule has 0 aliphatic heterocycles. The molecular weight excluding hydrogens is 314 g/mol. The molecule has 0 spiro atoms. The van der Waals surface area contributed by atoms with Crippen LogP contribution >= 0.6 is 0 Å². The van der Waals surface area contributed by atoms with E-state index in [1.54, 1.807) is 18.5 Å². The van der Waals surface area contributed by atoms with Crippen molar-refractivity contribution in [2.45, 2.75) is 44.7 Å². The molecule has 2 fully saturated rings. The molecule has 5 heteroatoms. The third kappa shape index (κ3) is 3.81. The van der Waals surface area contributed by atoms with Crippen LogP contribution in [0.15, 0.2) is 42.7 Å². The Balaban J connectivity index is 1.48. The van der Waals surface area contributed by atoms with Gasteiger partial charge in [-0.25, -0.2) is 4.98 Å². The van der Waals surface area contributed by atoms with Crippen LogP contribution in [0.4, 0.5) is 0 Å². The summed E-state index contributed by atoms with van der Waals surface area (Å²) in [5.74, 6) is 1.30. The van der Waals surface area contributed by atoms with Gasteiger partial charge in [-0.2, -0.15) is 0 Å². The smallest absolute Gasteiger partial charge is 0.256 e. The second kappa shape index (κ2) is 6.82. The fraction of sp³-hybridized carbons (Fsp3) is 0.450. The number of aromatic nitrogens is 2. The van der Waals surface area contributed by atoms with E-state index in [9.17, 15) is 4.79 Å². The molecule has 1 amide bonds. The van der Waals surface area contributed by atoms with Crippen molar-refractivity contribution in [3.63, 3.8) is 0 Å². The molecule has 1 atom stereocenters. The van der Waals surface area contributed by atoms with Crippen LogP contribution in [0, 0.1) is 5.92 Å². The van der Waals surface area contributed by atoms with Gasteiger partial charge in [0.2, 0.25) is 5.88 Å². The van der Waals surface area contributed by atoms with Gasteiger partial charge in [-0.05, 0) is 56.7 Å².